The van der Waals surface area contributed by atoms with E-state index in [4.69, 9.17) is 9.15 Å². The molecule has 7 nitrogen and oxygen atoms in total. The van der Waals surface area contributed by atoms with E-state index in [-0.39, 0.29) is 12.5 Å². The molecule has 3 amide bonds. The molecule has 27 heavy (non-hydrogen) atoms. The summed E-state index contributed by atoms with van der Waals surface area (Å²) in [6.07, 6.45) is 6.44. The van der Waals surface area contributed by atoms with Crippen molar-refractivity contribution in [3.05, 3.63) is 35.6 Å². The van der Waals surface area contributed by atoms with Gasteiger partial charge in [-0.25, -0.2) is 4.79 Å². The molecule has 2 aromatic rings. The van der Waals surface area contributed by atoms with E-state index in [0.29, 0.717) is 5.56 Å². The van der Waals surface area contributed by atoms with Crippen LogP contribution < -0.4 is 10.6 Å². The molecule has 0 bridgehead atoms. The van der Waals surface area contributed by atoms with Gasteiger partial charge in [-0.2, -0.15) is 0 Å². The molecular weight excluding hydrogens is 348 g/mol. The molecule has 144 valence electrons. The number of carbonyl (C=O) groups is 3. The number of hydrogen-bond donors (Lipinski definition) is 2. The molecule has 1 saturated carbocycles. The average molecular weight is 372 g/mol. The summed E-state index contributed by atoms with van der Waals surface area (Å²) < 4.78 is 10.5. The predicted octanol–water partition coefficient (Wildman–Crippen LogP) is 2.85. The summed E-state index contributed by atoms with van der Waals surface area (Å²) in [5.74, 6) is -1.20. The van der Waals surface area contributed by atoms with E-state index in [1.807, 2.05) is 18.2 Å². The fourth-order valence-electron chi connectivity index (χ4n) is 3.29. The van der Waals surface area contributed by atoms with Crippen LogP contribution in [0.25, 0.3) is 11.0 Å². The Hall–Kier alpha value is -2.83. The second-order valence-corrected chi connectivity index (χ2v) is 6.79. The monoisotopic (exact) mass is 372 g/mol. The van der Waals surface area contributed by atoms with Gasteiger partial charge in [-0.3, -0.25) is 14.9 Å². The van der Waals surface area contributed by atoms with Gasteiger partial charge in [0.1, 0.15) is 5.58 Å². The molecule has 0 unspecified atom stereocenters. The van der Waals surface area contributed by atoms with Crippen molar-refractivity contribution in [2.24, 2.45) is 0 Å². The van der Waals surface area contributed by atoms with Crippen molar-refractivity contribution in [3.63, 3.8) is 0 Å². The maximum absolute atomic E-state index is 12.0. The van der Waals surface area contributed by atoms with Crippen LogP contribution in [-0.4, -0.2) is 30.6 Å². The van der Waals surface area contributed by atoms with Crippen molar-refractivity contribution in [3.8, 4) is 0 Å². The molecule has 3 rings (SSSR count). The molecule has 1 aliphatic rings. The first-order valence-electron chi connectivity index (χ1n) is 9.30. The zero-order chi connectivity index (χ0) is 19.2. The predicted molar refractivity (Wildman–Crippen MR) is 99.2 cm³/mol. The number of amides is 3. The number of carbonyl (C=O) groups excluding carboxylic acids is 3. The Morgan fingerprint density at radius 2 is 2.00 bits per heavy atom. The van der Waals surface area contributed by atoms with E-state index in [9.17, 15) is 14.4 Å². The van der Waals surface area contributed by atoms with Gasteiger partial charge in [0.05, 0.1) is 12.7 Å². The van der Waals surface area contributed by atoms with Crippen LogP contribution in [-0.2, 0) is 27.2 Å². The van der Waals surface area contributed by atoms with Crippen LogP contribution in [0.15, 0.2) is 28.9 Å². The van der Waals surface area contributed by atoms with Crippen LogP contribution in [0.4, 0.5) is 4.79 Å². The first kappa shape index (κ1) is 18.9. The molecule has 0 radical (unpaired) electrons. The highest BCUT2D eigenvalue weighted by Gasteiger charge is 2.19. The molecule has 1 aliphatic carbocycles. The molecule has 0 spiro atoms. The Labute approximate surface area is 157 Å². The number of hydrogen-bond acceptors (Lipinski definition) is 5. The Morgan fingerprint density at radius 1 is 1.22 bits per heavy atom. The van der Waals surface area contributed by atoms with E-state index in [0.717, 1.165) is 48.6 Å². The Kier molecular flexibility index (Phi) is 6.11. The highest BCUT2D eigenvalue weighted by molar-refractivity contribution is 5.96. The number of fused-ring (bicyclic) bond motifs is 1. The Morgan fingerprint density at radius 3 is 2.74 bits per heavy atom. The van der Waals surface area contributed by atoms with Gasteiger partial charge in [-0.05, 0) is 30.9 Å². The molecule has 1 aromatic carbocycles. The van der Waals surface area contributed by atoms with Gasteiger partial charge in [0, 0.05) is 17.0 Å². The minimum atomic E-state index is -0.650. The molecule has 0 saturated heterocycles. The van der Waals surface area contributed by atoms with Crippen molar-refractivity contribution >= 4 is 28.9 Å². The summed E-state index contributed by atoms with van der Waals surface area (Å²) in [5, 5.41) is 5.77. The lowest BCUT2D eigenvalue weighted by Gasteiger charge is -2.12. The number of rotatable bonds is 6. The molecule has 0 atom stereocenters. The summed E-state index contributed by atoms with van der Waals surface area (Å²) >= 11 is 0. The van der Waals surface area contributed by atoms with Crippen LogP contribution in [0.3, 0.4) is 0 Å². The Balaban J connectivity index is 1.45. The number of ether oxygens (including phenoxy) is 1. The first-order chi connectivity index (χ1) is 13.0. The van der Waals surface area contributed by atoms with Gasteiger partial charge in [0.2, 0.25) is 0 Å². The van der Waals surface area contributed by atoms with Crippen molar-refractivity contribution < 1.29 is 23.5 Å². The van der Waals surface area contributed by atoms with Crippen molar-refractivity contribution in [2.45, 2.75) is 51.5 Å². The SMILES string of the molecule is CCc1ccc2c(CC(=O)OCC(=O)NC(=O)NC3CCCC3)coc2c1. The third-order valence-corrected chi connectivity index (χ3v) is 4.77. The normalized spacial score (nSPS) is 14.3. The smallest absolute Gasteiger partial charge is 0.321 e. The second-order valence-electron chi connectivity index (χ2n) is 6.79. The van der Waals surface area contributed by atoms with Crippen LogP contribution in [0, 0.1) is 0 Å². The number of furan rings is 1. The molecule has 1 fully saturated rings. The fraction of sp³-hybridized carbons (Fsp3) is 0.450. The first-order valence-corrected chi connectivity index (χ1v) is 9.30. The van der Waals surface area contributed by atoms with Crippen molar-refractivity contribution in [1.82, 2.24) is 10.6 Å². The van der Waals surface area contributed by atoms with E-state index in [2.05, 4.69) is 17.6 Å². The van der Waals surface area contributed by atoms with Crippen LogP contribution in [0.5, 0.6) is 0 Å². The lowest BCUT2D eigenvalue weighted by Crippen LogP contribution is -2.45. The van der Waals surface area contributed by atoms with E-state index >= 15 is 0 Å². The summed E-state index contributed by atoms with van der Waals surface area (Å²) in [4.78, 5) is 35.5. The third kappa shape index (κ3) is 5.09. The average Bonchev–Trinajstić information content (AvgIpc) is 3.29. The second kappa shape index (κ2) is 8.70. The van der Waals surface area contributed by atoms with Crippen LogP contribution in [0.1, 0.15) is 43.7 Å². The third-order valence-electron chi connectivity index (χ3n) is 4.77. The molecular formula is C20H24N2O5. The summed E-state index contributed by atoms with van der Waals surface area (Å²) in [6.45, 7) is 1.56. The molecule has 1 heterocycles. The van der Waals surface area contributed by atoms with E-state index in [1.165, 1.54) is 6.26 Å². The minimum absolute atomic E-state index is 0.0000220. The molecule has 1 aromatic heterocycles. The highest BCUT2D eigenvalue weighted by Crippen LogP contribution is 2.23. The van der Waals surface area contributed by atoms with Gasteiger partial charge in [-0.1, -0.05) is 31.9 Å². The fourth-order valence-corrected chi connectivity index (χ4v) is 3.29. The molecule has 0 aliphatic heterocycles. The zero-order valence-electron chi connectivity index (χ0n) is 15.4. The van der Waals surface area contributed by atoms with Crippen molar-refractivity contribution in [1.29, 1.82) is 0 Å². The van der Waals surface area contributed by atoms with Gasteiger partial charge in [0.15, 0.2) is 6.61 Å². The van der Waals surface area contributed by atoms with Crippen LogP contribution >= 0.6 is 0 Å². The van der Waals surface area contributed by atoms with Gasteiger partial charge < -0.3 is 14.5 Å². The largest absolute Gasteiger partial charge is 0.464 e. The van der Waals surface area contributed by atoms with E-state index < -0.39 is 24.5 Å². The summed E-state index contributed by atoms with van der Waals surface area (Å²) in [7, 11) is 0. The van der Waals surface area contributed by atoms with Crippen LogP contribution in [0.2, 0.25) is 0 Å². The zero-order valence-corrected chi connectivity index (χ0v) is 15.4. The van der Waals surface area contributed by atoms with Gasteiger partial charge in [-0.15, -0.1) is 0 Å². The number of urea groups is 1. The topological polar surface area (TPSA) is 97.6 Å². The number of aryl methyl sites for hydroxylation is 1. The number of imide groups is 1. The maximum Gasteiger partial charge on any atom is 0.321 e. The lowest BCUT2D eigenvalue weighted by atomic mass is 10.1. The number of esters is 1. The molecule has 7 heteroatoms. The summed E-state index contributed by atoms with van der Waals surface area (Å²) in [5.41, 5.74) is 2.58. The minimum Gasteiger partial charge on any atom is -0.464 e. The van der Waals surface area contributed by atoms with Crippen molar-refractivity contribution in [2.75, 3.05) is 6.61 Å². The lowest BCUT2D eigenvalue weighted by molar-refractivity contribution is -0.147. The Bertz CT molecular complexity index is 836. The summed E-state index contributed by atoms with van der Waals surface area (Å²) in [6, 6.07) is 5.42. The van der Waals surface area contributed by atoms with Gasteiger partial charge in [0.25, 0.3) is 5.91 Å². The van der Waals surface area contributed by atoms with Gasteiger partial charge >= 0.3 is 12.0 Å². The standard InChI is InChI=1S/C20H24N2O5/c1-2-13-7-8-16-14(11-26-17(16)9-13)10-19(24)27-12-18(23)22-20(25)21-15-5-3-4-6-15/h7-9,11,15H,2-6,10,12H2,1H3,(H2,21,22,23,25). The maximum atomic E-state index is 12.0. The van der Waals surface area contributed by atoms with E-state index in [1.54, 1.807) is 0 Å². The number of benzene rings is 1. The highest BCUT2D eigenvalue weighted by atomic mass is 16.5. The molecule has 2 N–H and O–H groups in total. The quantitative estimate of drug-likeness (QED) is 0.760. The number of nitrogens with one attached hydrogen (secondary N) is 2.